The lowest BCUT2D eigenvalue weighted by molar-refractivity contribution is 0.170. The van der Waals surface area contributed by atoms with Crippen molar-refractivity contribution in [1.29, 1.82) is 0 Å². The number of hydrogen-bond acceptors (Lipinski definition) is 2. The van der Waals surface area contributed by atoms with E-state index >= 15 is 0 Å². The molecule has 2 atom stereocenters. The summed E-state index contributed by atoms with van der Waals surface area (Å²) in [4.78, 5) is 4.96. The number of anilines is 1. The van der Waals surface area contributed by atoms with Crippen LogP contribution in [0.25, 0.3) is 0 Å². The second-order valence-corrected chi connectivity index (χ2v) is 5.79. The van der Waals surface area contributed by atoms with Crippen molar-refractivity contribution in [1.82, 2.24) is 4.90 Å². The molecule has 100 valence electrons. The lowest BCUT2D eigenvalue weighted by Gasteiger charge is -2.44. The van der Waals surface area contributed by atoms with Gasteiger partial charge in [0.25, 0.3) is 0 Å². The first-order chi connectivity index (χ1) is 8.52. The average molecular weight is 267 g/mol. The molecule has 0 aromatic heterocycles. The van der Waals surface area contributed by atoms with Crippen molar-refractivity contribution >= 4 is 17.3 Å². The predicted octanol–water partition coefficient (Wildman–Crippen LogP) is 3.26. The van der Waals surface area contributed by atoms with Crippen molar-refractivity contribution in [3.8, 4) is 0 Å². The Balaban J connectivity index is 2.21. The highest BCUT2D eigenvalue weighted by atomic mass is 35.5. The van der Waals surface area contributed by atoms with Crippen molar-refractivity contribution in [2.24, 2.45) is 0 Å². The normalized spacial score (nSPS) is 25.5. The summed E-state index contributed by atoms with van der Waals surface area (Å²) in [6, 6.07) is 7.76. The number of nitrogens with zero attached hydrogens (tertiary/aromatic N) is 2. The first kappa shape index (κ1) is 13.7. The van der Waals surface area contributed by atoms with Crippen LogP contribution < -0.4 is 4.90 Å². The topological polar surface area (TPSA) is 6.48 Å². The summed E-state index contributed by atoms with van der Waals surface area (Å²) in [6.07, 6.45) is 0. The van der Waals surface area contributed by atoms with Crippen LogP contribution in [0.2, 0.25) is 0 Å². The third-order valence-electron chi connectivity index (χ3n) is 4.12. The van der Waals surface area contributed by atoms with E-state index in [0.29, 0.717) is 18.0 Å². The van der Waals surface area contributed by atoms with Crippen LogP contribution in [-0.4, -0.2) is 37.1 Å². The molecule has 3 heteroatoms. The van der Waals surface area contributed by atoms with Gasteiger partial charge in [-0.05, 0) is 45.0 Å². The molecule has 2 nitrogen and oxygen atoms in total. The number of rotatable bonds is 2. The van der Waals surface area contributed by atoms with Gasteiger partial charge in [0, 0.05) is 36.7 Å². The number of benzene rings is 1. The molecule has 1 aromatic carbocycles. The van der Waals surface area contributed by atoms with Gasteiger partial charge in [-0.15, -0.1) is 11.6 Å². The zero-order valence-electron chi connectivity index (χ0n) is 11.8. The largest absolute Gasteiger partial charge is 0.368 e. The molecule has 2 rings (SSSR count). The number of piperazine rings is 1. The summed E-state index contributed by atoms with van der Waals surface area (Å²) in [7, 11) is 2.22. The van der Waals surface area contributed by atoms with Gasteiger partial charge in [0.1, 0.15) is 0 Å². The number of alkyl halides is 1. The maximum absolute atomic E-state index is 5.88. The minimum absolute atomic E-state index is 0.594. The molecule has 1 heterocycles. The maximum Gasteiger partial charge on any atom is 0.0474 e. The average Bonchev–Trinajstić information content (AvgIpc) is 2.35. The Kier molecular flexibility index (Phi) is 4.18. The van der Waals surface area contributed by atoms with E-state index in [0.717, 1.165) is 13.1 Å². The molecular weight excluding hydrogens is 244 g/mol. The van der Waals surface area contributed by atoms with Crippen LogP contribution in [0.15, 0.2) is 18.2 Å². The summed E-state index contributed by atoms with van der Waals surface area (Å²) < 4.78 is 0. The third kappa shape index (κ3) is 2.65. The lowest BCUT2D eigenvalue weighted by atomic mass is 10.0. The first-order valence-electron chi connectivity index (χ1n) is 6.65. The molecule has 18 heavy (non-hydrogen) atoms. The molecule has 0 spiro atoms. The van der Waals surface area contributed by atoms with Crippen LogP contribution in [0, 0.1) is 6.92 Å². The highest BCUT2D eigenvalue weighted by Crippen LogP contribution is 2.26. The molecule has 0 bridgehead atoms. The molecule has 1 aliphatic rings. The molecule has 0 N–H and O–H groups in total. The Morgan fingerprint density at radius 1 is 1.22 bits per heavy atom. The van der Waals surface area contributed by atoms with Gasteiger partial charge >= 0.3 is 0 Å². The standard InChI is InChI=1S/C15H23ClN2/c1-11-7-14(8-16)5-6-15(11)18-9-12(2)17(4)13(3)10-18/h5-7,12-13H,8-10H2,1-4H3. The number of likely N-dealkylation sites (N-methyl/N-ethyl adjacent to an activating group) is 1. The number of hydrogen-bond donors (Lipinski definition) is 0. The zero-order chi connectivity index (χ0) is 13.3. The molecule has 0 saturated carbocycles. The summed E-state index contributed by atoms with van der Waals surface area (Å²) in [5, 5.41) is 0. The molecule has 0 aliphatic carbocycles. The Hall–Kier alpha value is -0.730. The first-order valence-corrected chi connectivity index (χ1v) is 7.18. The van der Waals surface area contributed by atoms with Gasteiger partial charge in [-0.25, -0.2) is 0 Å². The second-order valence-electron chi connectivity index (χ2n) is 5.52. The van der Waals surface area contributed by atoms with Crippen LogP contribution in [0.1, 0.15) is 25.0 Å². The van der Waals surface area contributed by atoms with E-state index in [1.165, 1.54) is 16.8 Å². The van der Waals surface area contributed by atoms with Gasteiger partial charge in [0.2, 0.25) is 0 Å². The van der Waals surface area contributed by atoms with Crippen LogP contribution >= 0.6 is 11.6 Å². The Bertz CT molecular complexity index is 407. The van der Waals surface area contributed by atoms with E-state index in [2.05, 4.69) is 55.8 Å². The van der Waals surface area contributed by atoms with Crippen molar-refractivity contribution < 1.29 is 0 Å². The molecule has 1 saturated heterocycles. The number of aryl methyl sites for hydroxylation is 1. The zero-order valence-corrected chi connectivity index (χ0v) is 12.5. The smallest absolute Gasteiger partial charge is 0.0474 e. The summed E-state index contributed by atoms with van der Waals surface area (Å²) in [5.74, 6) is 0.594. The van der Waals surface area contributed by atoms with E-state index in [-0.39, 0.29) is 0 Å². The molecular formula is C15H23ClN2. The lowest BCUT2D eigenvalue weighted by Crippen LogP contribution is -2.55. The van der Waals surface area contributed by atoms with E-state index in [1.54, 1.807) is 0 Å². The second kappa shape index (κ2) is 5.50. The Morgan fingerprint density at radius 3 is 2.33 bits per heavy atom. The molecule has 0 amide bonds. The van der Waals surface area contributed by atoms with Crippen molar-refractivity contribution in [3.05, 3.63) is 29.3 Å². The van der Waals surface area contributed by atoms with Gasteiger partial charge < -0.3 is 4.90 Å². The summed E-state index contributed by atoms with van der Waals surface area (Å²) in [6.45, 7) is 8.97. The maximum atomic E-state index is 5.88. The van der Waals surface area contributed by atoms with Gasteiger partial charge in [-0.1, -0.05) is 12.1 Å². The molecule has 1 aliphatic heterocycles. The third-order valence-corrected chi connectivity index (χ3v) is 4.42. The highest BCUT2D eigenvalue weighted by Gasteiger charge is 2.27. The Labute approximate surface area is 116 Å². The van der Waals surface area contributed by atoms with Crippen LogP contribution in [0.4, 0.5) is 5.69 Å². The molecule has 1 aromatic rings. The van der Waals surface area contributed by atoms with Crippen LogP contribution in [0.3, 0.4) is 0 Å². The number of halogens is 1. The Morgan fingerprint density at radius 2 is 1.83 bits per heavy atom. The van der Waals surface area contributed by atoms with E-state index < -0.39 is 0 Å². The quantitative estimate of drug-likeness (QED) is 0.758. The fourth-order valence-corrected chi connectivity index (χ4v) is 2.92. The minimum Gasteiger partial charge on any atom is -0.368 e. The summed E-state index contributed by atoms with van der Waals surface area (Å²) in [5.41, 5.74) is 3.89. The van der Waals surface area contributed by atoms with E-state index in [1.807, 2.05) is 0 Å². The summed E-state index contributed by atoms with van der Waals surface area (Å²) >= 11 is 5.88. The van der Waals surface area contributed by atoms with Crippen LogP contribution in [0.5, 0.6) is 0 Å². The van der Waals surface area contributed by atoms with Gasteiger partial charge in [0.05, 0.1) is 0 Å². The monoisotopic (exact) mass is 266 g/mol. The highest BCUT2D eigenvalue weighted by molar-refractivity contribution is 6.17. The van der Waals surface area contributed by atoms with Crippen molar-refractivity contribution in [2.45, 2.75) is 38.7 Å². The minimum atomic E-state index is 0.594. The molecule has 2 unspecified atom stereocenters. The van der Waals surface area contributed by atoms with E-state index in [9.17, 15) is 0 Å². The molecule has 1 fully saturated rings. The predicted molar refractivity (Wildman–Crippen MR) is 79.6 cm³/mol. The fourth-order valence-electron chi connectivity index (χ4n) is 2.76. The SMILES string of the molecule is Cc1cc(CCl)ccc1N1CC(C)N(C)C(C)C1. The van der Waals surface area contributed by atoms with Crippen molar-refractivity contribution in [2.75, 3.05) is 25.0 Å². The van der Waals surface area contributed by atoms with E-state index in [4.69, 9.17) is 11.6 Å². The van der Waals surface area contributed by atoms with Crippen molar-refractivity contribution in [3.63, 3.8) is 0 Å². The van der Waals surface area contributed by atoms with Gasteiger partial charge in [0.15, 0.2) is 0 Å². The van der Waals surface area contributed by atoms with Crippen LogP contribution in [-0.2, 0) is 5.88 Å². The molecule has 0 radical (unpaired) electrons. The van der Waals surface area contributed by atoms with Gasteiger partial charge in [-0.3, -0.25) is 4.90 Å². The van der Waals surface area contributed by atoms with Gasteiger partial charge in [-0.2, -0.15) is 0 Å². The fraction of sp³-hybridized carbons (Fsp3) is 0.600.